The number of nitrogens with two attached hydrogens (primary N) is 1. The molecule has 3 aromatic carbocycles. The van der Waals surface area contributed by atoms with Crippen LogP contribution < -0.4 is 30.0 Å². The maximum absolute atomic E-state index is 12.6. The molecule has 1 amide bonds. The van der Waals surface area contributed by atoms with Crippen molar-refractivity contribution in [3.8, 4) is 28.7 Å². The standard InChI is InChI=1S/C27H28N2O6/c1-32-21-13-10-19(9-5-18-15-22(33-2)27(35-4)23(16-18)34-3)25(26(21)31)29-24(30)14-8-17-6-11-20(28)12-7-17/h5-16,31H,28H2,1-4H3,(H,29,30)/b9-5+,14-8+. The number of rotatable bonds is 9. The van der Waals surface area contributed by atoms with E-state index in [0.717, 1.165) is 11.1 Å². The number of anilines is 2. The Hall–Kier alpha value is -4.59. The third-order valence-corrected chi connectivity index (χ3v) is 5.15. The lowest BCUT2D eigenvalue weighted by Crippen LogP contribution is -2.09. The predicted octanol–water partition coefficient (Wildman–Crippen LogP) is 4.83. The van der Waals surface area contributed by atoms with Gasteiger partial charge in [-0.2, -0.15) is 0 Å². The summed E-state index contributed by atoms with van der Waals surface area (Å²) in [4.78, 5) is 12.6. The van der Waals surface area contributed by atoms with Crippen LogP contribution >= 0.6 is 0 Å². The highest BCUT2D eigenvalue weighted by atomic mass is 16.5. The first-order chi connectivity index (χ1) is 16.9. The topological polar surface area (TPSA) is 112 Å². The molecular weight excluding hydrogens is 448 g/mol. The van der Waals surface area contributed by atoms with Gasteiger partial charge in [0.25, 0.3) is 0 Å². The van der Waals surface area contributed by atoms with Crippen molar-refractivity contribution in [3.63, 3.8) is 0 Å². The minimum atomic E-state index is -0.423. The molecule has 4 N–H and O–H groups in total. The van der Waals surface area contributed by atoms with Gasteiger partial charge in [0.05, 0.1) is 34.1 Å². The third kappa shape index (κ3) is 6.05. The summed E-state index contributed by atoms with van der Waals surface area (Å²) < 4.78 is 21.4. The normalized spacial score (nSPS) is 11.0. The molecule has 0 aliphatic heterocycles. The number of carbonyl (C=O) groups is 1. The molecule has 0 saturated carbocycles. The Kier molecular flexibility index (Phi) is 8.24. The van der Waals surface area contributed by atoms with Crippen molar-refractivity contribution in [2.24, 2.45) is 0 Å². The summed E-state index contributed by atoms with van der Waals surface area (Å²) in [6.07, 6.45) is 6.57. The summed E-state index contributed by atoms with van der Waals surface area (Å²) in [5.74, 6) is 1.11. The zero-order valence-electron chi connectivity index (χ0n) is 20.0. The van der Waals surface area contributed by atoms with E-state index < -0.39 is 5.91 Å². The van der Waals surface area contributed by atoms with Crippen molar-refractivity contribution < 1.29 is 28.8 Å². The van der Waals surface area contributed by atoms with Gasteiger partial charge >= 0.3 is 0 Å². The average molecular weight is 477 g/mol. The second kappa shape index (κ2) is 11.5. The zero-order valence-corrected chi connectivity index (χ0v) is 20.0. The van der Waals surface area contributed by atoms with E-state index in [9.17, 15) is 9.90 Å². The van der Waals surface area contributed by atoms with Gasteiger partial charge in [-0.15, -0.1) is 0 Å². The highest BCUT2D eigenvalue weighted by Crippen LogP contribution is 2.40. The van der Waals surface area contributed by atoms with Gasteiger partial charge in [-0.3, -0.25) is 4.79 Å². The van der Waals surface area contributed by atoms with E-state index in [4.69, 9.17) is 24.7 Å². The number of methoxy groups -OCH3 is 4. The molecule has 8 heteroatoms. The fourth-order valence-electron chi connectivity index (χ4n) is 3.35. The molecule has 0 aliphatic rings. The Morgan fingerprint density at radius 3 is 2.00 bits per heavy atom. The van der Waals surface area contributed by atoms with Crippen molar-refractivity contribution in [1.29, 1.82) is 0 Å². The van der Waals surface area contributed by atoms with E-state index in [1.165, 1.54) is 34.5 Å². The number of nitrogen functional groups attached to an aromatic ring is 1. The first kappa shape index (κ1) is 25.0. The second-order valence-electron chi connectivity index (χ2n) is 7.36. The zero-order chi connectivity index (χ0) is 25.4. The first-order valence-corrected chi connectivity index (χ1v) is 10.6. The summed E-state index contributed by atoms with van der Waals surface area (Å²) in [5, 5.41) is 13.4. The van der Waals surface area contributed by atoms with E-state index in [1.54, 1.807) is 66.8 Å². The number of hydrogen-bond acceptors (Lipinski definition) is 7. The Morgan fingerprint density at radius 1 is 0.800 bits per heavy atom. The van der Waals surface area contributed by atoms with Gasteiger partial charge in [-0.1, -0.05) is 24.3 Å². The largest absolute Gasteiger partial charge is 0.503 e. The smallest absolute Gasteiger partial charge is 0.248 e. The van der Waals surface area contributed by atoms with E-state index in [1.807, 2.05) is 0 Å². The van der Waals surface area contributed by atoms with E-state index in [2.05, 4.69) is 5.32 Å². The van der Waals surface area contributed by atoms with Gasteiger partial charge in [0, 0.05) is 17.3 Å². The maximum Gasteiger partial charge on any atom is 0.248 e. The van der Waals surface area contributed by atoms with Crippen molar-refractivity contribution in [2.45, 2.75) is 0 Å². The number of ether oxygens (including phenoxy) is 4. The molecule has 35 heavy (non-hydrogen) atoms. The van der Waals surface area contributed by atoms with Crippen LogP contribution in [0.3, 0.4) is 0 Å². The van der Waals surface area contributed by atoms with E-state index >= 15 is 0 Å². The lowest BCUT2D eigenvalue weighted by molar-refractivity contribution is -0.111. The molecule has 0 aromatic heterocycles. The summed E-state index contributed by atoms with van der Waals surface area (Å²) in [6, 6.07) is 14.0. The minimum absolute atomic E-state index is 0.186. The number of hydrogen-bond donors (Lipinski definition) is 3. The summed E-state index contributed by atoms with van der Waals surface area (Å²) in [7, 11) is 6.05. The molecule has 0 saturated heterocycles. The van der Waals surface area contributed by atoms with Crippen LogP contribution in [-0.2, 0) is 4.79 Å². The average Bonchev–Trinajstić information content (AvgIpc) is 2.87. The van der Waals surface area contributed by atoms with E-state index in [0.29, 0.717) is 28.5 Å². The summed E-state index contributed by atoms with van der Waals surface area (Å²) in [6.45, 7) is 0. The highest BCUT2D eigenvalue weighted by molar-refractivity contribution is 6.04. The van der Waals surface area contributed by atoms with Crippen LogP contribution in [0.2, 0.25) is 0 Å². The van der Waals surface area contributed by atoms with Crippen LogP contribution in [0.25, 0.3) is 18.2 Å². The van der Waals surface area contributed by atoms with Crippen molar-refractivity contribution in [2.75, 3.05) is 39.5 Å². The van der Waals surface area contributed by atoms with Crippen LogP contribution in [0.15, 0.2) is 54.6 Å². The molecule has 0 unspecified atom stereocenters. The van der Waals surface area contributed by atoms with Gasteiger partial charge in [-0.25, -0.2) is 0 Å². The number of aromatic hydroxyl groups is 1. The Bertz CT molecular complexity index is 1220. The SMILES string of the molecule is COc1ccc(/C=C/c2cc(OC)c(OC)c(OC)c2)c(NC(=O)/C=C/c2ccc(N)cc2)c1O. The Balaban J connectivity index is 1.92. The second-order valence-corrected chi connectivity index (χ2v) is 7.36. The van der Waals surface area contributed by atoms with Gasteiger partial charge in [0.1, 0.15) is 0 Å². The van der Waals surface area contributed by atoms with Crippen molar-refractivity contribution >= 4 is 35.5 Å². The molecule has 3 rings (SSSR count). The first-order valence-electron chi connectivity index (χ1n) is 10.6. The molecule has 3 aromatic rings. The van der Waals surface area contributed by atoms with Gasteiger partial charge < -0.3 is 35.1 Å². The maximum atomic E-state index is 12.6. The number of nitrogens with one attached hydrogen (secondary N) is 1. The highest BCUT2D eigenvalue weighted by Gasteiger charge is 2.15. The fourth-order valence-corrected chi connectivity index (χ4v) is 3.35. The molecule has 0 atom stereocenters. The predicted molar refractivity (Wildman–Crippen MR) is 138 cm³/mol. The van der Waals surface area contributed by atoms with Crippen LogP contribution in [0.4, 0.5) is 11.4 Å². The number of phenolic OH excluding ortho intramolecular Hbond substituents is 1. The van der Waals surface area contributed by atoms with Crippen LogP contribution in [0, 0.1) is 0 Å². The van der Waals surface area contributed by atoms with Crippen molar-refractivity contribution in [3.05, 3.63) is 71.3 Å². The van der Waals surface area contributed by atoms with Crippen molar-refractivity contribution in [1.82, 2.24) is 0 Å². The molecule has 182 valence electrons. The lowest BCUT2D eigenvalue weighted by atomic mass is 10.1. The Morgan fingerprint density at radius 2 is 1.43 bits per heavy atom. The molecule has 0 bridgehead atoms. The number of carbonyl (C=O) groups excluding carboxylic acids is 1. The monoisotopic (exact) mass is 476 g/mol. The van der Waals surface area contributed by atoms with Gasteiger partial charge in [0.15, 0.2) is 23.0 Å². The van der Waals surface area contributed by atoms with Crippen LogP contribution in [0.1, 0.15) is 16.7 Å². The lowest BCUT2D eigenvalue weighted by Gasteiger charge is -2.14. The summed E-state index contributed by atoms with van der Waals surface area (Å²) >= 11 is 0. The number of phenols is 1. The van der Waals surface area contributed by atoms with Gasteiger partial charge in [-0.05, 0) is 53.6 Å². The number of amides is 1. The van der Waals surface area contributed by atoms with Gasteiger partial charge in [0.2, 0.25) is 11.7 Å². The van der Waals surface area contributed by atoms with Crippen LogP contribution in [0.5, 0.6) is 28.7 Å². The molecule has 0 heterocycles. The third-order valence-electron chi connectivity index (χ3n) is 5.15. The molecule has 0 radical (unpaired) electrons. The quantitative estimate of drug-likeness (QED) is 0.175. The minimum Gasteiger partial charge on any atom is -0.503 e. The molecule has 0 fully saturated rings. The fraction of sp³-hybridized carbons (Fsp3) is 0.148. The molecular formula is C27H28N2O6. The number of benzene rings is 3. The molecule has 8 nitrogen and oxygen atoms in total. The molecule has 0 spiro atoms. The van der Waals surface area contributed by atoms with E-state index in [-0.39, 0.29) is 17.2 Å². The Labute approximate surface area is 204 Å². The molecule has 0 aliphatic carbocycles. The van der Waals surface area contributed by atoms with Crippen LogP contribution in [-0.4, -0.2) is 39.5 Å². The summed E-state index contributed by atoms with van der Waals surface area (Å²) in [5.41, 5.74) is 8.67.